The van der Waals surface area contributed by atoms with Crippen molar-refractivity contribution < 1.29 is 23.1 Å². The van der Waals surface area contributed by atoms with Gasteiger partial charge in [-0.05, 0) is 44.7 Å². The van der Waals surface area contributed by atoms with Gasteiger partial charge in [0.15, 0.2) is 0 Å². The third kappa shape index (κ3) is 4.04. The maximum atomic E-state index is 12.8. The molecule has 2 fully saturated rings. The molecular weight excluding hydrogens is 364 g/mol. The molecule has 0 spiro atoms. The van der Waals surface area contributed by atoms with Crippen LogP contribution in [0.2, 0.25) is 0 Å². The Labute approximate surface area is 151 Å². The lowest BCUT2D eigenvalue weighted by Crippen LogP contribution is -2.48. The van der Waals surface area contributed by atoms with Crippen molar-refractivity contribution in [2.45, 2.75) is 42.9 Å². The number of carboxylic acid groups (broad SMARTS) is 1. The van der Waals surface area contributed by atoms with E-state index in [1.165, 1.54) is 20.5 Å². The molecule has 1 amide bonds. The molecule has 1 saturated heterocycles. The van der Waals surface area contributed by atoms with E-state index in [4.69, 9.17) is 5.11 Å². The van der Waals surface area contributed by atoms with Gasteiger partial charge in [-0.3, -0.25) is 9.59 Å². The van der Waals surface area contributed by atoms with Gasteiger partial charge in [-0.25, -0.2) is 8.42 Å². The van der Waals surface area contributed by atoms with Gasteiger partial charge in [0.1, 0.15) is 10.8 Å². The van der Waals surface area contributed by atoms with E-state index in [0.29, 0.717) is 23.6 Å². The number of carbonyl (C=O) groups is 2. The summed E-state index contributed by atoms with van der Waals surface area (Å²) >= 11 is 1.22. The van der Waals surface area contributed by atoms with E-state index in [-0.39, 0.29) is 25.0 Å². The molecule has 2 aliphatic rings. The number of carboxylic acids is 1. The van der Waals surface area contributed by atoms with Crippen LogP contribution >= 0.6 is 11.3 Å². The average molecular weight is 386 g/mol. The molecule has 25 heavy (non-hydrogen) atoms. The van der Waals surface area contributed by atoms with Crippen LogP contribution in [0.15, 0.2) is 16.3 Å². The van der Waals surface area contributed by atoms with Gasteiger partial charge in [0.05, 0.1) is 5.92 Å². The summed E-state index contributed by atoms with van der Waals surface area (Å²) in [6.45, 7) is 2.06. The fourth-order valence-corrected chi connectivity index (χ4v) is 6.16. The quantitative estimate of drug-likeness (QED) is 0.800. The molecule has 1 aliphatic carbocycles. The van der Waals surface area contributed by atoms with Crippen LogP contribution in [0, 0.1) is 12.8 Å². The van der Waals surface area contributed by atoms with E-state index >= 15 is 0 Å². The first-order valence-corrected chi connectivity index (χ1v) is 10.6. The second kappa shape index (κ2) is 7.05. The Morgan fingerprint density at radius 2 is 2.04 bits per heavy atom. The van der Waals surface area contributed by atoms with Gasteiger partial charge in [-0.15, -0.1) is 11.3 Å². The lowest BCUT2D eigenvalue weighted by Gasteiger charge is -2.33. The minimum absolute atomic E-state index is 0.00414. The first-order chi connectivity index (χ1) is 11.8. The number of aryl methyl sites for hydroxylation is 1. The molecule has 0 aromatic carbocycles. The molecule has 1 saturated carbocycles. The number of carbonyl (C=O) groups excluding carboxylic acids is 1. The summed E-state index contributed by atoms with van der Waals surface area (Å²) in [6, 6.07) is 3.36. The van der Waals surface area contributed by atoms with E-state index in [0.717, 1.165) is 17.7 Å². The summed E-state index contributed by atoms with van der Waals surface area (Å²) in [6.07, 6.45) is 2.84. The van der Waals surface area contributed by atoms with Gasteiger partial charge in [-0.1, -0.05) is 0 Å². The molecule has 138 valence electrons. The number of thiophene rings is 1. The molecule has 2 heterocycles. The van der Waals surface area contributed by atoms with Crippen molar-refractivity contribution >= 4 is 33.2 Å². The van der Waals surface area contributed by atoms with Crippen molar-refractivity contribution in [3.8, 4) is 0 Å². The van der Waals surface area contributed by atoms with Gasteiger partial charge >= 0.3 is 5.97 Å². The lowest BCUT2D eigenvalue weighted by atomic mass is 9.98. The van der Waals surface area contributed by atoms with Crippen molar-refractivity contribution in [1.82, 2.24) is 9.21 Å². The largest absolute Gasteiger partial charge is 0.480 e. The summed E-state index contributed by atoms with van der Waals surface area (Å²) < 4.78 is 27.2. The first-order valence-electron chi connectivity index (χ1n) is 8.38. The fraction of sp³-hybridized carbons (Fsp3) is 0.625. The van der Waals surface area contributed by atoms with Crippen LogP contribution in [0.5, 0.6) is 0 Å². The zero-order valence-electron chi connectivity index (χ0n) is 14.1. The van der Waals surface area contributed by atoms with Crippen molar-refractivity contribution in [2.75, 3.05) is 19.6 Å². The Morgan fingerprint density at radius 3 is 2.60 bits per heavy atom. The zero-order valence-corrected chi connectivity index (χ0v) is 15.7. The van der Waals surface area contributed by atoms with Crippen LogP contribution in [0.3, 0.4) is 0 Å². The lowest BCUT2D eigenvalue weighted by molar-refractivity contribution is -0.147. The monoisotopic (exact) mass is 386 g/mol. The van der Waals surface area contributed by atoms with E-state index in [1.807, 2.05) is 6.92 Å². The van der Waals surface area contributed by atoms with Gasteiger partial charge in [0, 0.05) is 24.0 Å². The molecule has 1 aromatic rings. The number of hydrogen-bond donors (Lipinski definition) is 1. The molecular formula is C16H22N2O5S2. The zero-order chi connectivity index (χ0) is 18.2. The van der Waals surface area contributed by atoms with Crippen LogP contribution in [0.1, 0.15) is 30.6 Å². The maximum absolute atomic E-state index is 12.8. The van der Waals surface area contributed by atoms with Gasteiger partial charge in [0.25, 0.3) is 10.0 Å². The van der Waals surface area contributed by atoms with E-state index in [1.54, 1.807) is 12.1 Å². The highest BCUT2D eigenvalue weighted by atomic mass is 32.2. The third-order valence-electron chi connectivity index (χ3n) is 4.62. The predicted molar refractivity (Wildman–Crippen MR) is 92.9 cm³/mol. The second-order valence-corrected chi connectivity index (χ2v) is 10.1. The number of nitrogens with zero attached hydrogens (tertiary/aromatic N) is 2. The predicted octanol–water partition coefficient (Wildman–Crippen LogP) is 1.53. The van der Waals surface area contributed by atoms with Crippen LogP contribution in [0.4, 0.5) is 0 Å². The standard InChI is InChI=1S/C16H22N2O5S2/c1-11-4-7-15(24-11)25(22,23)17-8-2-3-12(9-17)16(21)18(10-14(19)20)13-5-6-13/h4,7,12-13H,2-3,5-6,8-10H2,1H3,(H,19,20). The van der Waals surface area contributed by atoms with E-state index < -0.39 is 21.9 Å². The van der Waals surface area contributed by atoms with Crippen LogP contribution in [-0.2, 0) is 19.6 Å². The number of amides is 1. The molecule has 0 bridgehead atoms. The SMILES string of the molecule is Cc1ccc(S(=O)(=O)N2CCCC(C(=O)N(CC(=O)O)C3CC3)C2)s1. The molecule has 1 atom stereocenters. The Kier molecular flexibility index (Phi) is 5.17. The fourth-order valence-electron chi connectivity index (χ4n) is 3.19. The highest BCUT2D eigenvalue weighted by Gasteiger charge is 2.40. The molecule has 9 heteroatoms. The topological polar surface area (TPSA) is 95.0 Å². The van der Waals surface area contributed by atoms with Crippen LogP contribution in [0.25, 0.3) is 0 Å². The van der Waals surface area contributed by atoms with Gasteiger partial charge < -0.3 is 10.0 Å². The number of rotatable bonds is 6. The minimum Gasteiger partial charge on any atom is -0.480 e. The number of aliphatic carboxylic acids is 1. The van der Waals surface area contributed by atoms with Crippen molar-refractivity contribution in [3.63, 3.8) is 0 Å². The Balaban J connectivity index is 1.74. The smallest absolute Gasteiger partial charge is 0.323 e. The van der Waals surface area contributed by atoms with Crippen molar-refractivity contribution in [2.24, 2.45) is 5.92 Å². The molecule has 1 aromatic heterocycles. The summed E-state index contributed by atoms with van der Waals surface area (Å²) in [7, 11) is -3.60. The van der Waals surface area contributed by atoms with Gasteiger partial charge in [-0.2, -0.15) is 4.31 Å². The van der Waals surface area contributed by atoms with Gasteiger partial charge in [0.2, 0.25) is 5.91 Å². The molecule has 1 unspecified atom stereocenters. The number of piperidine rings is 1. The Morgan fingerprint density at radius 1 is 1.32 bits per heavy atom. The molecule has 7 nitrogen and oxygen atoms in total. The molecule has 1 aliphatic heterocycles. The maximum Gasteiger partial charge on any atom is 0.323 e. The summed E-state index contributed by atoms with van der Waals surface area (Å²) in [5, 5.41) is 9.04. The summed E-state index contributed by atoms with van der Waals surface area (Å²) in [5.74, 6) is -1.73. The van der Waals surface area contributed by atoms with E-state index in [9.17, 15) is 18.0 Å². The minimum atomic E-state index is -3.60. The number of hydrogen-bond acceptors (Lipinski definition) is 5. The molecule has 0 radical (unpaired) electrons. The summed E-state index contributed by atoms with van der Waals surface area (Å²) in [4.78, 5) is 26.1. The highest BCUT2D eigenvalue weighted by Crippen LogP contribution is 2.32. The average Bonchev–Trinajstić information content (AvgIpc) is 3.32. The number of sulfonamides is 1. The normalized spacial score (nSPS) is 21.9. The van der Waals surface area contributed by atoms with Crippen LogP contribution < -0.4 is 0 Å². The highest BCUT2D eigenvalue weighted by molar-refractivity contribution is 7.91. The van der Waals surface area contributed by atoms with Crippen molar-refractivity contribution in [1.29, 1.82) is 0 Å². The molecule has 1 N–H and O–H groups in total. The second-order valence-electron chi connectivity index (χ2n) is 6.66. The van der Waals surface area contributed by atoms with Crippen LogP contribution in [-0.4, -0.2) is 60.3 Å². The summed E-state index contributed by atoms with van der Waals surface area (Å²) in [5.41, 5.74) is 0. The Bertz CT molecular complexity index is 769. The van der Waals surface area contributed by atoms with Crippen molar-refractivity contribution in [3.05, 3.63) is 17.0 Å². The third-order valence-corrected chi connectivity index (χ3v) is 7.95. The Hall–Kier alpha value is -1.45. The first kappa shape index (κ1) is 18.3. The molecule has 3 rings (SSSR count). The van der Waals surface area contributed by atoms with E-state index in [2.05, 4.69) is 0 Å².